The average Bonchev–Trinajstić information content (AvgIpc) is 3.28. The van der Waals surface area contributed by atoms with E-state index in [2.05, 4.69) is 38.3 Å². The van der Waals surface area contributed by atoms with Gasteiger partial charge in [0.1, 0.15) is 11.5 Å². The second kappa shape index (κ2) is 9.02. The highest BCUT2D eigenvalue weighted by molar-refractivity contribution is 5.87. The van der Waals surface area contributed by atoms with Crippen LogP contribution in [-0.4, -0.2) is 61.6 Å². The van der Waals surface area contributed by atoms with Crippen LogP contribution in [0.2, 0.25) is 0 Å². The molecule has 0 aromatic carbocycles. The topological polar surface area (TPSA) is 70.7 Å². The summed E-state index contributed by atoms with van der Waals surface area (Å²) in [4.78, 5) is 28.6. The molecule has 208 valence electrons. The standard InChI is InChI=1S/C31H51N3O3/c1-18-9-12-31(32-16-18)19(2)28-25(37-31)14-24-22-8-7-20-13-21(33-27(36)17-34(5)6)10-11-29(20,3)23(22)15-26(35)30(24,28)4/h18-25,28,32H,7-17H2,1-6H3,(H,33,36)/t18-,19-,20+,21+,22+,23-,24-,25-,28-,29-,30+,31+/m0/s1. The van der Waals surface area contributed by atoms with Gasteiger partial charge in [0, 0.05) is 36.3 Å². The highest BCUT2D eigenvalue weighted by Crippen LogP contribution is 2.70. The molecular weight excluding hydrogens is 462 g/mol. The van der Waals surface area contributed by atoms with Crippen LogP contribution in [0.5, 0.6) is 0 Å². The maximum Gasteiger partial charge on any atom is 0.234 e. The second-order valence-corrected chi connectivity index (χ2v) is 15.0. The number of piperidine rings is 1. The molecule has 0 unspecified atom stereocenters. The third-order valence-corrected chi connectivity index (χ3v) is 12.8. The second-order valence-electron chi connectivity index (χ2n) is 15.0. The van der Waals surface area contributed by atoms with E-state index in [-0.39, 0.29) is 34.6 Å². The first kappa shape index (κ1) is 26.3. The zero-order valence-electron chi connectivity index (χ0n) is 24.1. The summed E-state index contributed by atoms with van der Waals surface area (Å²) in [6.07, 6.45) is 10.1. The molecule has 6 fully saturated rings. The Morgan fingerprint density at radius 3 is 2.57 bits per heavy atom. The molecule has 6 aliphatic rings. The molecule has 6 rings (SSSR count). The number of hydrogen-bond donors (Lipinski definition) is 2. The maximum atomic E-state index is 14.3. The quantitative estimate of drug-likeness (QED) is 0.591. The number of nitrogens with zero attached hydrogens (tertiary/aromatic N) is 1. The Hall–Kier alpha value is -0.980. The largest absolute Gasteiger partial charge is 0.357 e. The average molecular weight is 514 g/mol. The van der Waals surface area contributed by atoms with Crippen molar-refractivity contribution in [2.45, 2.75) is 103 Å². The minimum Gasteiger partial charge on any atom is -0.357 e. The maximum absolute atomic E-state index is 14.3. The van der Waals surface area contributed by atoms with E-state index >= 15 is 0 Å². The van der Waals surface area contributed by atoms with Crippen molar-refractivity contribution >= 4 is 11.7 Å². The molecule has 1 spiro atoms. The van der Waals surface area contributed by atoms with Gasteiger partial charge in [-0.3, -0.25) is 14.9 Å². The van der Waals surface area contributed by atoms with E-state index in [1.165, 1.54) is 19.3 Å². The third-order valence-electron chi connectivity index (χ3n) is 12.8. The summed E-state index contributed by atoms with van der Waals surface area (Å²) in [7, 11) is 3.89. The zero-order chi connectivity index (χ0) is 26.3. The molecule has 2 saturated heterocycles. The van der Waals surface area contributed by atoms with Gasteiger partial charge in [-0.15, -0.1) is 0 Å². The molecular formula is C31H51N3O3. The van der Waals surface area contributed by atoms with Gasteiger partial charge in [-0.1, -0.05) is 27.7 Å². The number of ketones is 1. The lowest BCUT2D eigenvalue weighted by Crippen LogP contribution is -2.60. The lowest BCUT2D eigenvalue weighted by atomic mass is 9.44. The fourth-order valence-corrected chi connectivity index (χ4v) is 10.8. The summed E-state index contributed by atoms with van der Waals surface area (Å²) in [6.45, 7) is 11.0. The van der Waals surface area contributed by atoms with Crippen molar-refractivity contribution in [3.8, 4) is 0 Å². The fourth-order valence-electron chi connectivity index (χ4n) is 10.8. The zero-order valence-corrected chi connectivity index (χ0v) is 24.1. The van der Waals surface area contributed by atoms with Crippen LogP contribution in [0, 0.1) is 52.3 Å². The summed E-state index contributed by atoms with van der Waals surface area (Å²) in [6, 6.07) is 0.286. The minimum absolute atomic E-state index is 0.141. The van der Waals surface area contributed by atoms with Crippen molar-refractivity contribution < 1.29 is 14.3 Å². The van der Waals surface area contributed by atoms with Crippen LogP contribution in [0.3, 0.4) is 0 Å². The Kier molecular flexibility index (Phi) is 6.40. The van der Waals surface area contributed by atoms with Gasteiger partial charge in [-0.05, 0) is 100 Å². The van der Waals surface area contributed by atoms with Gasteiger partial charge in [-0.25, -0.2) is 0 Å². The lowest BCUT2D eigenvalue weighted by molar-refractivity contribution is -0.160. The highest BCUT2D eigenvalue weighted by Gasteiger charge is 2.71. The third kappa shape index (κ3) is 3.89. The van der Waals surface area contributed by atoms with Crippen LogP contribution in [0.4, 0.5) is 0 Å². The number of hydrogen-bond acceptors (Lipinski definition) is 5. The minimum atomic E-state index is -0.236. The van der Waals surface area contributed by atoms with Crippen molar-refractivity contribution in [3.63, 3.8) is 0 Å². The molecule has 0 bridgehead atoms. The van der Waals surface area contributed by atoms with E-state index < -0.39 is 0 Å². The molecule has 4 aliphatic carbocycles. The van der Waals surface area contributed by atoms with Crippen molar-refractivity contribution in [3.05, 3.63) is 0 Å². The Morgan fingerprint density at radius 1 is 1.08 bits per heavy atom. The Morgan fingerprint density at radius 2 is 1.86 bits per heavy atom. The van der Waals surface area contributed by atoms with Gasteiger partial charge < -0.3 is 15.0 Å². The van der Waals surface area contributed by atoms with E-state index in [0.717, 1.165) is 45.1 Å². The SMILES string of the molecule is C[C@H]1CC[C@@]2(NC1)O[C@H]1C[C@H]3[C@@H]4CC[C@@H]5C[C@H](NC(=O)CN(C)C)CC[C@]5(C)[C@H]4CC(=O)[C@]3(C)[C@H]1[C@@H]2C. The molecule has 37 heavy (non-hydrogen) atoms. The summed E-state index contributed by atoms with van der Waals surface area (Å²) in [5.41, 5.74) is -0.235. The summed E-state index contributed by atoms with van der Waals surface area (Å²) in [5.74, 6) is 4.31. The summed E-state index contributed by atoms with van der Waals surface area (Å²) in [5, 5.41) is 7.13. The predicted octanol–water partition coefficient (Wildman–Crippen LogP) is 4.23. The van der Waals surface area contributed by atoms with Gasteiger partial charge in [0.15, 0.2) is 0 Å². The number of likely N-dealkylation sites (N-methyl/N-ethyl adjacent to an activating group) is 1. The predicted molar refractivity (Wildman–Crippen MR) is 145 cm³/mol. The molecule has 6 nitrogen and oxygen atoms in total. The molecule has 2 heterocycles. The van der Waals surface area contributed by atoms with Crippen molar-refractivity contribution in [1.82, 2.24) is 15.5 Å². The van der Waals surface area contributed by atoms with Gasteiger partial charge in [0.2, 0.25) is 5.91 Å². The molecule has 2 N–H and O–H groups in total. The number of nitrogens with one attached hydrogen (secondary N) is 2. The normalized spacial score (nSPS) is 52.9. The molecule has 12 atom stereocenters. The number of carbonyl (C=O) groups excluding carboxylic acids is 2. The highest BCUT2D eigenvalue weighted by atomic mass is 16.5. The van der Waals surface area contributed by atoms with E-state index in [1.54, 1.807) is 0 Å². The molecule has 1 amide bonds. The van der Waals surface area contributed by atoms with Crippen LogP contribution in [0.15, 0.2) is 0 Å². The number of amides is 1. The van der Waals surface area contributed by atoms with Crippen LogP contribution in [0.25, 0.3) is 0 Å². The summed E-state index contributed by atoms with van der Waals surface area (Å²) < 4.78 is 6.96. The van der Waals surface area contributed by atoms with Crippen molar-refractivity contribution in [1.29, 1.82) is 0 Å². The molecule has 4 saturated carbocycles. The van der Waals surface area contributed by atoms with E-state index in [9.17, 15) is 9.59 Å². The van der Waals surface area contributed by atoms with Crippen LogP contribution < -0.4 is 10.6 Å². The summed E-state index contributed by atoms with van der Waals surface area (Å²) >= 11 is 0. The van der Waals surface area contributed by atoms with Crippen LogP contribution in [0.1, 0.15) is 85.5 Å². The van der Waals surface area contributed by atoms with Crippen molar-refractivity contribution in [2.24, 2.45) is 52.3 Å². The molecule has 6 heteroatoms. The number of carbonyl (C=O) groups is 2. The molecule has 0 radical (unpaired) electrons. The first-order valence-corrected chi connectivity index (χ1v) is 15.4. The van der Waals surface area contributed by atoms with E-state index in [1.807, 2.05) is 19.0 Å². The van der Waals surface area contributed by atoms with Crippen molar-refractivity contribution in [2.75, 3.05) is 27.2 Å². The van der Waals surface area contributed by atoms with Gasteiger partial charge in [0.05, 0.1) is 12.6 Å². The number of Topliss-reactive ketones (excluding diaryl/α,β-unsaturated/α-hetero) is 1. The molecule has 0 aromatic heterocycles. The number of ether oxygens (including phenoxy) is 1. The molecule has 2 aliphatic heterocycles. The van der Waals surface area contributed by atoms with E-state index in [0.29, 0.717) is 53.8 Å². The Bertz CT molecular complexity index is 929. The monoisotopic (exact) mass is 513 g/mol. The van der Waals surface area contributed by atoms with Crippen LogP contribution >= 0.6 is 0 Å². The molecule has 0 aromatic rings. The van der Waals surface area contributed by atoms with Gasteiger partial charge in [-0.2, -0.15) is 0 Å². The van der Waals surface area contributed by atoms with Gasteiger partial charge in [0.25, 0.3) is 0 Å². The smallest absolute Gasteiger partial charge is 0.234 e. The first-order chi connectivity index (χ1) is 17.5. The number of rotatable bonds is 3. The fraction of sp³-hybridized carbons (Fsp3) is 0.935. The van der Waals surface area contributed by atoms with Crippen LogP contribution in [-0.2, 0) is 14.3 Å². The Balaban J connectivity index is 1.19. The van der Waals surface area contributed by atoms with Gasteiger partial charge >= 0.3 is 0 Å². The first-order valence-electron chi connectivity index (χ1n) is 15.4. The lowest BCUT2D eigenvalue weighted by Gasteiger charge is -2.60. The Labute approximate surface area is 224 Å². The van der Waals surface area contributed by atoms with E-state index in [4.69, 9.17) is 4.74 Å². The number of fused-ring (bicyclic) bond motifs is 7.